The highest BCUT2D eigenvalue weighted by molar-refractivity contribution is 7.99. The summed E-state index contributed by atoms with van der Waals surface area (Å²) in [5.74, 6) is -0.331. The highest BCUT2D eigenvalue weighted by Gasteiger charge is 2.26. The van der Waals surface area contributed by atoms with Crippen molar-refractivity contribution in [2.24, 2.45) is 0 Å². The first-order valence-electron chi connectivity index (χ1n) is 9.17. The molecule has 1 amide bonds. The summed E-state index contributed by atoms with van der Waals surface area (Å²) in [4.78, 5) is 33.7. The average Bonchev–Trinajstić information content (AvgIpc) is 3.25. The number of hydrogen-bond acceptors (Lipinski definition) is 6. The Balaban J connectivity index is 1.47. The lowest BCUT2D eigenvalue weighted by Gasteiger charge is -2.11. The fourth-order valence-electron chi connectivity index (χ4n) is 3.44. The summed E-state index contributed by atoms with van der Waals surface area (Å²) in [6, 6.07) is 6.01. The van der Waals surface area contributed by atoms with E-state index in [1.54, 1.807) is 0 Å². The third-order valence-electron chi connectivity index (χ3n) is 4.77. The van der Waals surface area contributed by atoms with Gasteiger partial charge in [-0.25, -0.2) is 9.78 Å². The van der Waals surface area contributed by atoms with Gasteiger partial charge in [0.05, 0.1) is 29.5 Å². The molecule has 146 valence electrons. The van der Waals surface area contributed by atoms with Crippen LogP contribution in [0.15, 0.2) is 23.4 Å². The van der Waals surface area contributed by atoms with Crippen LogP contribution in [0.25, 0.3) is 11.0 Å². The number of fused-ring (bicyclic) bond motifs is 2. The number of ether oxygens (including phenoxy) is 1. The highest BCUT2D eigenvalue weighted by Crippen LogP contribution is 2.38. The third-order valence-corrected chi connectivity index (χ3v) is 6.85. The quantitative estimate of drug-likeness (QED) is 0.479. The monoisotopic (exact) mass is 415 g/mol. The maximum atomic E-state index is 12.5. The number of hydrogen-bond donors (Lipinski definition) is 2. The van der Waals surface area contributed by atoms with Crippen LogP contribution in [0.1, 0.15) is 39.2 Å². The molecule has 6 nitrogen and oxygen atoms in total. The molecule has 0 radical (unpaired) electrons. The molecule has 0 spiro atoms. The molecule has 2 heterocycles. The van der Waals surface area contributed by atoms with Gasteiger partial charge in [-0.15, -0.1) is 11.3 Å². The van der Waals surface area contributed by atoms with Crippen LogP contribution in [0.5, 0.6) is 0 Å². The number of nitrogens with zero attached hydrogens (tertiary/aromatic N) is 1. The largest absolute Gasteiger partial charge is 0.465 e. The zero-order valence-electron chi connectivity index (χ0n) is 15.8. The smallest absolute Gasteiger partial charge is 0.341 e. The second-order valence-corrected chi connectivity index (χ2v) is 8.88. The number of rotatable bonds is 5. The van der Waals surface area contributed by atoms with Crippen LogP contribution in [0, 0.1) is 6.92 Å². The number of carbonyl (C=O) groups excluding carboxylic acids is 2. The predicted molar refractivity (Wildman–Crippen MR) is 112 cm³/mol. The van der Waals surface area contributed by atoms with E-state index in [0.29, 0.717) is 15.7 Å². The molecule has 28 heavy (non-hydrogen) atoms. The van der Waals surface area contributed by atoms with Crippen molar-refractivity contribution >= 4 is 51.0 Å². The minimum atomic E-state index is -0.380. The van der Waals surface area contributed by atoms with Crippen molar-refractivity contribution in [2.45, 2.75) is 37.8 Å². The lowest BCUT2D eigenvalue weighted by molar-refractivity contribution is -0.113. The Kier molecular flexibility index (Phi) is 5.41. The van der Waals surface area contributed by atoms with Crippen molar-refractivity contribution in [2.75, 3.05) is 18.2 Å². The summed E-state index contributed by atoms with van der Waals surface area (Å²) in [7, 11) is 1.37. The number of amides is 1. The van der Waals surface area contributed by atoms with Crippen molar-refractivity contribution in [3.05, 3.63) is 39.8 Å². The van der Waals surface area contributed by atoms with Crippen LogP contribution in [0.2, 0.25) is 0 Å². The zero-order valence-corrected chi connectivity index (χ0v) is 17.4. The molecule has 1 aliphatic carbocycles. The Morgan fingerprint density at radius 2 is 2.14 bits per heavy atom. The van der Waals surface area contributed by atoms with Gasteiger partial charge in [0.2, 0.25) is 5.91 Å². The minimum Gasteiger partial charge on any atom is -0.465 e. The predicted octanol–water partition coefficient (Wildman–Crippen LogP) is 4.33. The maximum Gasteiger partial charge on any atom is 0.341 e. The Morgan fingerprint density at radius 3 is 2.96 bits per heavy atom. The molecule has 0 saturated heterocycles. The molecule has 0 aliphatic heterocycles. The number of aryl methyl sites for hydroxylation is 2. The van der Waals surface area contributed by atoms with Crippen molar-refractivity contribution < 1.29 is 14.3 Å². The molecule has 1 aromatic carbocycles. The summed E-state index contributed by atoms with van der Waals surface area (Å²) in [5, 5.41) is 4.22. The van der Waals surface area contributed by atoms with Crippen LogP contribution in [0.3, 0.4) is 0 Å². The maximum absolute atomic E-state index is 12.5. The van der Waals surface area contributed by atoms with Crippen LogP contribution >= 0.6 is 23.1 Å². The number of anilines is 1. The molecular formula is C20H21N3O3S2. The summed E-state index contributed by atoms with van der Waals surface area (Å²) in [6.07, 6.45) is 3.98. The van der Waals surface area contributed by atoms with Gasteiger partial charge < -0.3 is 15.0 Å². The van der Waals surface area contributed by atoms with E-state index in [1.807, 2.05) is 25.1 Å². The normalized spacial score (nSPS) is 13.4. The third kappa shape index (κ3) is 3.79. The van der Waals surface area contributed by atoms with Gasteiger partial charge in [0, 0.05) is 4.88 Å². The molecule has 0 unspecified atom stereocenters. The average molecular weight is 416 g/mol. The number of aromatic amines is 1. The highest BCUT2D eigenvalue weighted by atomic mass is 32.2. The number of nitrogens with one attached hydrogen (secondary N) is 2. The van der Waals surface area contributed by atoms with Crippen LogP contribution in [0.4, 0.5) is 5.00 Å². The Labute approximate surface area is 171 Å². The SMILES string of the molecule is COC(=O)c1c(NC(=O)CSc2nc3ccc(C)cc3[nH]2)sc2c1CCCC2. The van der Waals surface area contributed by atoms with Gasteiger partial charge in [-0.05, 0) is 55.9 Å². The first-order chi connectivity index (χ1) is 13.5. The zero-order chi connectivity index (χ0) is 19.7. The standard InChI is InChI=1S/C20H21N3O3S2/c1-11-7-8-13-14(9-11)22-20(21-13)27-10-16(24)23-18-17(19(25)26-2)12-5-3-4-6-15(12)28-18/h7-9H,3-6,10H2,1-2H3,(H,21,22)(H,23,24). The molecule has 4 rings (SSSR count). The van der Waals surface area contributed by atoms with E-state index in [0.717, 1.165) is 47.8 Å². The molecule has 0 saturated carbocycles. The van der Waals surface area contributed by atoms with Gasteiger partial charge in [0.15, 0.2) is 5.16 Å². The number of benzene rings is 1. The van der Waals surface area contributed by atoms with Gasteiger partial charge in [0.25, 0.3) is 0 Å². The van der Waals surface area contributed by atoms with Crippen molar-refractivity contribution in [3.8, 4) is 0 Å². The number of methoxy groups -OCH3 is 1. The number of thioether (sulfide) groups is 1. The summed E-state index contributed by atoms with van der Waals surface area (Å²) >= 11 is 2.84. The summed E-state index contributed by atoms with van der Waals surface area (Å²) < 4.78 is 4.95. The second kappa shape index (κ2) is 7.97. The second-order valence-electron chi connectivity index (χ2n) is 6.81. The fraction of sp³-hybridized carbons (Fsp3) is 0.350. The number of thiophene rings is 1. The van der Waals surface area contributed by atoms with Crippen LogP contribution in [-0.2, 0) is 22.4 Å². The van der Waals surface area contributed by atoms with Crippen molar-refractivity contribution in [3.63, 3.8) is 0 Å². The van der Waals surface area contributed by atoms with Crippen molar-refractivity contribution in [1.29, 1.82) is 0 Å². The van der Waals surface area contributed by atoms with E-state index in [4.69, 9.17) is 4.74 Å². The van der Waals surface area contributed by atoms with Gasteiger partial charge in [-0.1, -0.05) is 17.8 Å². The van der Waals surface area contributed by atoms with E-state index in [9.17, 15) is 9.59 Å². The molecule has 0 atom stereocenters. The lowest BCUT2D eigenvalue weighted by Crippen LogP contribution is -2.16. The number of esters is 1. The number of imidazole rings is 1. The molecule has 0 bridgehead atoms. The van der Waals surface area contributed by atoms with Crippen molar-refractivity contribution in [1.82, 2.24) is 9.97 Å². The Morgan fingerprint density at radius 1 is 1.32 bits per heavy atom. The first-order valence-corrected chi connectivity index (χ1v) is 11.0. The summed E-state index contributed by atoms with van der Waals surface area (Å²) in [5.41, 5.74) is 4.56. The molecule has 8 heteroatoms. The molecule has 2 aromatic heterocycles. The molecule has 0 fully saturated rings. The Hall–Kier alpha value is -2.32. The molecular weight excluding hydrogens is 394 g/mol. The number of aromatic nitrogens is 2. The van der Waals surface area contributed by atoms with E-state index < -0.39 is 0 Å². The Bertz CT molecular complexity index is 1050. The van der Waals surface area contributed by atoms with Gasteiger partial charge in [0.1, 0.15) is 5.00 Å². The van der Waals surface area contributed by atoms with Gasteiger partial charge in [-0.2, -0.15) is 0 Å². The number of H-pyrrole nitrogens is 1. The van der Waals surface area contributed by atoms with Gasteiger partial charge >= 0.3 is 5.97 Å². The van der Waals surface area contributed by atoms with E-state index in [1.165, 1.54) is 35.1 Å². The van der Waals surface area contributed by atoms with E-state index in [2.05, 4.69) is 15.3 Å². The van der Waals surface area contributed by atoms with E-state index in [-0.39, 0.29) is 17.6 Å². The molecule has 2 N–H and O–H groups in total. The minimum absolute atomic E-state index is 0.162. The molecule has 3 aromatic rings. The van der Waals surface area contributed by atoms with Gasteiger partial charge in [-0.3, -0.25) is 4.79 Å². The fourth-order valence-corrected chi connectivity index (χ4v) is 5.42. The molecule has 1 aliphatic rings. The lowest BCUT2D eigenvalue weighted by atomic mass is 9.95. The topological polar surface area (TPSA) is 84.1 Å². The van der Waals surface area contributed by atoms with E-state index >= 15 is 0 Å². The first kappa shape index (κ1) is 19.0. The van der Waals surface area contributed by atoms with Crippen LogP contribution in [-0.4, -0.2) is 34.7 Å². The van der Waals surface area contributed by atoms with Crippen LogP contribution < -0.4 is 5.32 Å². The number of carbonyl (C=O) groups is 2. The summed E-state index contributed by atoms with van der Waals surface area (Å²) in [6.45, 7) is 2.03.